The number of thiophene rings is 1. The third-order valence-electron chi connectivity index (χ3n) is 2.64. The lowest BCUT2D eigenvalue weighted by molar-refractivity contribution is 0.713. The summed E-state index contributed by atoms with van der Waals surface area (Å²) in [6, 6.07) is 3.94. The van der Waals surface area contributed by atoms with Crippen LogP contribution in [0.15, 0.2) is 17.3 Å². The SMILES string of the molecule is Cc1nnc(SC(c2ccc(Cl)s2)C(C)N)n1C. The van der Waals surface area contributed by atoms with Crippen molar-refractivity contribution in [3.05, 3.63) is 27.2 Å². The van der Waals surface area contributed by atoms with E-state index in [0.29, 0.717) is 0 Å². The molecule has 0 amide bonds. The minimum absolute atomic E-state index is 0.0155. The van der Waals surface area contributed by atoms with Crippen LogP contribution in [0.4, 0.5) is 0 Å². The van der Waals surface area contributed by atoms with Crippen LogP contribution < -0.4 is 5.73 Å². The van der Waals surface area contributed by atoms with Crippen LogP contribution in [0.5, 0.6) is 0 Å². The third kappa shape index (κ3) is 2.88. The molecular weight excluding hydrogens is 288 g/mol. The molecule has 0 fully saturated rings. The molecule has 2 aromatic rings. The number of hydrogen-bond donors (Lipinski definition) is 1. The Morgan fingerprint density at radius 2 is 2.17 bits per heavy atom. The van der Waals surface area contributed by atoms with E-state index in [1.54, 1.807) is 23.1 Å². The van der Waals surface area contributed by atoms with Gasteiger partial charge in [0.25, 0.3) is 0 Å². The topological polar surface area (TPSA) is 56.7 Å². The number of aromatic nitrogens is 3. The first-order valence-electron chi connectivity index (χ1n) is 5.52. The Bertz CT molecular complexity index is 535. The second-order valence-electron chi connectivity index (χ2n) is 4.13. The zero-order chi connectivity index (χ0) is 13.3. The van der Waals surface area contributed by atoms with E-state index in [4.69, 9.17) is 17.3 Å². The highest BCUT2D eigenvalue weighted by molar-refractivity contribution is 7.99. The van der Waals surface area contributed by atoms with E-state index in [2.05, 4.69) is 10.2 Å². The molecule has 0 saturated carbocycles. The van der Waals surface area contributed by atoms with Crippen LogP contribution in [-0.4, -0.2) is 20.8 Å². The highest BCUT2D eigenvalue weighted by atomic mass is 35.5. The molecule has 4 nitrogen and oxygen atoms in total. The molecule has 0 aliphatic heterocycles. The van der Waals surface area contributed by atoms with Crippen LogP contribution in [0.25, 0.3) is 0 Å². The zero-order valence-electron chi connectivity index (χ0n) is 10.4. The molecule has 0 aromatic carbocycles. The van der Waals surface area contributed by atoms with Crippen molar-refractivity contribution in [1.29, 1.82) is 0 Å². The lowest BCUT2D eigenvalue weighted by Gasteiger charge is -2.18. The van der Waals surface area contributed by atoms with Crippen molar-refractivity contribution in [2.24, 2.45) is 12.8 Å². The molecule has 0 aliphatic carbocycles. The Morgan fingerprint density at radius 3 is 2.61 bits per heavy atom. The summed E-state index contributed by atoms with van der Waals surface area (Å²) in [4.78, 5) is 1.17. The fourth-order valence-electron chi connectivity index (χ4n) is 1.51. The van der Waals surface area contributed by atoms with E-state index >= 15 is 0 Å². The first-order valence-corrected chi connectivity index (χ1v) is 7.60. The van der Waals surface area contributed by atoms with Gasteiger partial charge in [0.15, 0.2) is 5.16 Å². The molecule has 7 heteroatoms. The lowest BCUT2D eigenvalue weighted by atomic mass is 10.2. The molecule has 2 heterocycles. The fraction of sp³-hybridized carbons (Fsp3) is 0.455. The molecule has 2 rings (SSSR count). The maximum absolute atomic E-state index is 6.07. The summed E-state index contributed by atoms with van der Waals surface area (Å²) in [5.41, 5.74) is 6.07. The molecule has 0 bridgehead atoms. The molecule has 18 heavy (non-hydrogen) atoms. The summed E-state index contributed by atoms with van der Waals surface area (Å²) in [6.45, 7) is 3.93. The van der Waals surface area contributed by atoms with Crippen LogP contribution in [0.3, 0.4) is 0 Å². The van der Waals surface area contributed by atoms with Crippen molar-refractivity contribution < 1.29 is 0 Å². The summed E-state index contributed by atoms with van der Waals surface area (Å²) in [5, 5.41) is 9.24. The van der Waals surface area contributed by atoms with Gasteiger partial charge < -0.3 is 10.3 Å². The van der Waals surface area contributed by atoms with Crippen molar-refractivity contribution in [2.75, 3.05) is 0 Å². The van der Waals surface area contributed by atoms with Gasteiger partial charge in [-0.15, -0.1) is 21.5 Å². The molecule has 2 unspecified atom stereocenters. The van der Waals surface area contributed by atoms with Gasteiger partial charge in [-0.05, 0) is 26.0 Å². The van der Waals surface area contributed by atoms with E-state index in [1.165, 1.54) is 4.88 Å². The van der Waals surface area contributed by atoms with Crippen LogP contribution in [0, 0.1) is 6.92 Å². The first kappa shape index (κ1) is 13.9. The highest BCUT2D eigenvalue weighted by Gasteiger charge is 2.22. The average Bonchev–Trinajstić information content (AvgIpc) is 2.85. The second kappa shape index (κ2) is 5.61. The quantitative estimate of drug-likeness (QED) is 0.882. The van der Waals surface area contributed by atoms with Gasteiger partial charge in [0.1, 0.15) is 5.82 Å². The van der Waals surface area contributed by atoms with Crippen molar-refractivity contribution in [3.8, 4) is 0 Å². The smallest absolute Gasteiger partial charge is 0.191 e. The zero-order valence-corrected chi connectivity index (χ0v) is 12.8. The molecule has 2 N–H and O–H groups in total. The van der Waals surface area contributed by atoms with Crippen molar-refractivity contribution in [3.63, 3.8) is 0 Å². The second-order valence-corrected chi connectivity index (χ2v) is 6.98. The number of aryl methyl sites for hydroxylation is 1. The number of halogens is 1. The maximum atomic E-state index is 6.07. The van der Waals surface area contributed by atoms with E-state index in [-0.39, 0.29) is 11.3 Å². The van der Waals surface area contributed by atoms with Gasteiger partial charge in [-0.2, -0.15) is 0 Å². The minimum atomic E-state index is 0.0155. The van der Waals surface area contributed by atoms with Crippen molar-refractivity contribution in [1.82, 2.24) is 14.8 Å². The fourth-order valence-corrected chi connectivity index (χ4v) is 3.97. The Labute approximate surface area is 120 Å². The summed E-state index contributed by atoms with van der Waals surface area (Å²) in [5.74, 6) is 0.894. The number of rotatable bonds is 4. The van der Waals surface area contributed by atoms with Gasteiger partial charge in [0.05, 0.1) is 9.59 Å². The molecule has 2 atom stereocenters. The Balaban J connectivity index is 2.24. The number of thioether (sulfide) groups is 1. The molecule has 0 spiro atoms. The van der Waals surface area contributed by atoms with E-state index in [9.17, 15) is 0 Å². The monoisotopic (exact) mass is 302 g/mol. The van der Waals surface area contributed by atoms with Gasteiger partial charge in [-0.25, -0.2) is 0 Å². The van der Waals surface area contributed by atoms with Crippen LogP contribution >= 0.6 is 34.7 Å². The number of nitrogens with two attached hydrogens (primary N) is 1. The van der Waals surface area contributed by atoms with Crippen molar-refractivity contribution >= 4 is 34.7 Å². The Hall–Kier alpha value is -0.560. The van der Waals surface area contributed by atoms with Crippen LogP contribution in [-0.2, 0) is 7.05 Å². The molecule has 98 valence electrons. The van der Waals surface area contributed by atoms with Crippen LogP contribution in [0.2, 0.25) is 4.34 Å². The molecule has 0 radical (unpaired) electrons. The lowest BCUT2D eigenvalue weighted by Crippen LogP contribution is -2.22. The highest BCUT2D eigenvalue weighted by Crippen LogP contribution is 2.40. The van der Waals surface area contributed by atoms with E-state index in [0.717, 1.165) is 15.3 Å². The normalized spacial score (nSPS) is 14.7. The largest absolute Gasteiger partial charge is 0.327 e. The van der Waals surface area contributed by atoms with Gasteiger partial charge in [0.2, 0.25) is 0 Å². The third-order valence-corrected chi connectivity index (χ3v) is 5.60. The summed E-state index contributed by atoms with van der Waals surface area (Å²) in [6.07, 6.45) is 0. The molecule has 2 aromatic heterocycles. The summed E-state index contributed by atoms with van der Waals surface area (Å²) in [7, 11) is 1.96. The predicted octanol–water partition coefficient (Wildman–Crippen LogP) is 3.02. The number of nitrogens with zero attached hydrogens (tertiary/aromatic N) is 3. The molecule has 0 saturated heterocycles. The number of hydrogen-bond acceptors (Lipinski definition) is 5. The van der Waals surface area contributed by atoms with Gasteiger partial charge in [-0.3, -0.25) is 0 Å². The van der Waals surface area contributed by atoms with Gasteiger partial charge in [-0.1, -0.05) is 23.4 Å². The van der Waals surface area contributed by atoms with Crippen molar-refractivity contribution in [2.45, 2.75) is 30.3 Å². The summed E-state index contributed by atoms with van der Waals surface area (Å²) < 4.78 is 2.75. The Kier molecular flexibility index (Phi) is 4.32. The standard InChI is InChI=1S/C11H15ClN4S2/c1-6(13)10(8-4-5-9(12)17-8)18-11-15-14-7(2)16(11)3/h4-6,10H,13H2,1-3H3. The maximum Gasteiger partial charge on any atom is 0.191 e. The molecular formula is C11H15ClN4S2. The van der Waals surface area contributed by atoms with Gasteiger partial charge >= 0.3 is 0 Å². The van der Waals surface area contributed by atoms with Crippen LogP contribution in [0.1, 0.15) is 22.9 Å². The molecule has 0 aliphatic rings. The Morgan fingerprint density at radius 1 is 1.44 bits per heavy atom. The van der Waals surface area contributed by atoms with Gasteiger partial charge in [0, 0.05) is 18.0 Å². The average molecular weight is 303 g/mol. The predicted molar refractivity (Wildman–Crippen MR) is 77.3 cm³/mol. The van der Waals surface area contributed by atoms with E-state index < -0.39 is 0 Å². The first-order chi connectivity index (χ1) is 8.49. The van der Waals surface area contributed by atoms with E-state index in [1.807, 2.05) is 37.6 Å². The summed E-state index contributed by atoms with van der Waals surface area (Å²) >= 11 is 9.17. The minimum Gasteiger partial charge on any atom is -0.327 e.